The molecule has 3 heteroatoms. The standard InChI is InChI=1S/C15H30N2O/c1-5-13(4)9-15(18)17-8-6-7-14(11-17)10-16-12(2)3/h12-14,16H,5-11H2,1-4H3. The monoisotopic (exact) mass is 254 g/mol. The summed E-state index contributed by atoms with van der Waals surface area (Å²) in [6.07, 6.45) is 4.24. The van der Waals surface area contributed by atoms with Gasteiger partial charge >= 0.3 is 0 Å². The highest BCUT2D eigenvalue weighted by Crippen LogP contribution is 2.18. The maximum Gasteiger partial charge on any atom is 0.222 e. The molecule has 0 aromatic rings. The molecule has 106 valence electrons. The molecule has 1 heterocycles. The van der Waals surface area contributed by atoms with Crippen LogP contribution in [0.2, 0.25) is 0 Å². The van der Waals surface area contributed by atoms with Gasteiger partial charge in [0.1, 0.15) is 0 Å². The zero-order chi connectivity index (χ0) is 13.5. The number of carbonyl (C=O) groups excluding carboxylic acids is 1. The van der Waals surface area contributed by atoms with E-state index in [2.05, 4.69) is 37.9 Å². The lowest BCUT2D eigenvalue weighted by molar-refractivity contribution is -0.133. The minimum absolute atomic E-state index is 0.360. The lowest BCUT2D eigenvalue weighted by Gasteiger charge is -2.34. The van der Waals surface area contributed by atoms with Crippen LogP contribution in [0.5, 0.6) is 0 Å². The summed E-state index contributed by atoms with van der Waals surface area (Å²) < 4.78 is 0. The summed E-state index contributed by atoms with van der Waals surface area (Å²) in [5, 5.41) is 3.49. The third-order valence-electron chi connectivity index (χ3n) is 3.91. The van der Waals surface area contributed by atoms with Crippen molar-refractivity contribution in [3.05, 3.63) is 0 Å². The van der Waals surface area contributed by atoms with Crippen LogP contribution in [-0.2, 0) is 4.79 Å². The van der Waals surface area contributed by atoms with E-state index in [0.717, 1.165) is 38.9 Å². The Morgan fingerprint density at radius 3 is 2.72 bits per heavy atom. The first kappa shape index (κ1) is 15.5. The van der Waals surface area contributed by atoms with Gasteiger partial charge in [0.05, 0.1) is 0 Å². The van der Waals surface area contributed by atoms with Crippen LogP contribution in [-0.4, -0.2) is 36.5 Å². The van der Waals surface area contributed by atoms with Crippen molar-refractivity contribution in [2.45, 2.75) is 59.4 Å². The van der Waals surface area contributed by atoms with Crippen molar-refractivity contribution in [2.24, 2.45) is 11.8 Å². The number of amides is 1. The van der Waals surface area contributed by atoms with E-state index in [1.807, 2.05) is 0 Å². The molecule has 0 aliphatic carbocycles. The molecule has 1 aliphatic heterocycles. The summed E-state index contributed by atoms with van der Waals surface area (Å²) >= 11 is 0. The van der Waals surface area contributed by atoms with Gasteiger partial charge in [0.15, 0.2) is 0 Å². The second kappa shape index (κ2) is 7.78. The largest absolute Gasteiger partial charge is 0.342 e. The van der Waals surface area contributed by atoms with E-state index in [-0.39, 0.29) is 0 Å². The second-order valence-electron chi connectivity index (χ2n) is 6.13. The van der Waals surface area contributed by atoms with E-state index in [0.29, 0.717) is 23.8 Å². The molecular weight excluding hydrogens is 224 g/mol. The molecule has 0 radical (unpaired) electrons. The predicted molar refractivity (Wildman–Crippen MR) is 76.5 cm³/mol. The molecule has 0 aromatic heterocycles. The summed E-state index contributed by atoms with van der Waals surface area (Å²) in [4.78, 5) is 14.2. The number of nitrogens with one attached hydrogen (secondary N) is 1. The van der Waals surface area contributed by atoms with Gasteiger partial charge in [-0.3, -0.25) is 4.79 Å². The predicted octanol–water partition coefficient (Wildman–Crippen LogP) is 2.66. The SMILES string of the molecule is CCC(C)CC(=O)N1CCCC(CNC(C)C)C1. The van der Waals surface area contributed by atoms with Gasteiger partial charge in [0.2, 0.25) is 5.91 Å². The molecule has 1 amide bonds. The molecule has 0 bridgehead atoms. The van der Waals surface area contributed by atoms with Crippen molar-refractivity contribution in [3.63, 3.8) is 0 Å². The van der Waals surface area contributed by atoms with Crippen molar-refractivity contribution >= 4 is 5.91 Å². The van der Waals surface area contributed by atoms with Crippen LogP contribution in [0.4, 0.5) is 0 Å². The van der Waals surface area contributed by atoms with Gasteiger partial charge in [-0.2, -0.15) is 0 Å². The first-order valence-corrected chi connectivity index (χ1v) is 7.54. The highest BCUT2D eigenvalue weighted by Gasteiger charge is 2.24. The lowest BCUT2D eigenvalue weighted by atomic mass is 9.96. The Kier molecular flexibility index (Phi) is 6.69. The summed E-state index contributed by atoms with van der Waals surface area (Å²) in [5.74, 6) is 1.52. The Hall–Kier alpha value is -0.570. The van der Waals surface area contributed by atoms with E-state index < -0.39 is 0 Å². The molecule has 0 spiro atoms. The van der Waals surface area contributed by atoms with Crippen molar-refractivity contribution in [2.75, 3.05) is 19.6 Å². The van der Waals surface area contributed by atoms with E-state index in [4.69, 9.17) is 0 Å². The van der Waals surface area contributed by atoms with Crippen molar-refractivity contribution in [1.29, 1.82) is 0 Å². The highest BCUT2D eigenvalue weighted by molar-refractivity contribution is 5.76. The summed E-state index contributed by atoms with van der Waals surface area (Å²) in [6.45, 7) is 11.6. The zero-order valence-electron chi connectivity index (χ0n) is 12.5. The fraction of sp³-hybridized carbons (Fsp3) is 0.933. The molecular formula is C15H30N2O. The molecule has 0 saturated carbocycles. The van der Waals surface area contributed by atoms with Gasteiger partial charge in [0.25, 0.3) is 0 Å². The number of carbonyl (C=O) groups is 1. The van der Waals surface area contributed by atoms with Crippen molar-refractivity contribution in [3.8, 4) is 0 Å². The van der Waals surface area contributed by atoms with Crippen LogP contribution in [0.3, 0.4) is 0 Å². The van der Waals surface area contributed by atoms with Crippen molar-refractivity contribution < 1.29 is 4.79 Å². The van der Waals surface area contributed by atoms with E-state index in [9.17, 15) is 4.79 Å². The topological polar surface area (TPSA) is 32.3 Å². The quantitative estimate of drug-likeness (QED) is 0.790. The third-order valence-corrected chi connectivity index (χ3v) is 3.91. The number of rotatable bonds is 6. The van der Waals surface area contributed by atoms with Crippen LogP contribution < -0.4 is 5.32 Å². The molecule has 1 aliphatic rings. The summed E-state index contributed by atoms with van der Waals surface area (Å²) in [7, 11) is 0. The maximum absolute atomic E-state index is 12.2. The van der Waals surface area contributed by atoms with Crippen LogP contribution in [0, 0.1) is 11.8 Å². The van der Waals surface area contributed by atoms with Gasteiger partial charge in [-0.15, -0.1) is 0 Å². The normalized spacial score (nSPS) is 22.3. The molecule has 1 N–H and O–H groups in total. The fourth-order valence-electron chi connectivity index (χ4n) is 2.43. The zero-order valence-corrected chi connectivity index (χ0v) is 12.5. The molecule has 0 aromatic carbocycles. The Morgan fingerprint density at radius 1 is 1.39 bits per heavy atom. The van der Waals surface area contributed by atoms with Crippen LogP contribution in [0.25, 0.3) is 0 Å². The lowest BCUT2D eigenvalue weighted by Crippen LogP contribution is -2.44. The van der Waals surface area contributed by atoms with Crippen LogP contribution in [0.15, 0.2) is 0 Å². The average Bonchev–Trinajstić information content (AvgIpc) is 2.36. The molecule has 2 unspecified atom stereocenters. The van der Waals surface area contributed by atoms with E-state index in [1.54, 1.807) is 0 Å². The molecule has 2 atom stereocenters. The van der Waals surface area contributed by atoms with Gasteiger partial charge in [-0.1, -0.05) is 34.1 Å². The fourth-order valence-corrected chi connectivity index (χ4v) is 2.43. The Bertz CT molecular complexity index is 253. The van der Waals surface area contributed by atoms with Gasteiger partial charge in [-0.25, -0.2) is 0 Å². The molecule has 18 heavy (non-hydrogen) atoms. The second-order valence-corrected chi connectivity index (χ2v) is 6.13. The Balaban J connectivity index is 2.35. The van der Waals surface area contributed by atoms with Crippen LogP contribution in [0.1, 0.15) is 53.4 Å². The molecule has 1 saturated heterocycles. The van der Waals surface area contributed by atoms with Gasteiger partial charge < -0.3 is 10.2 Å². The van der Waals surface area contributed by atoms with Gasteiger partial charge in [0, 0.05) is 25.6 Å². The first-order chi connectivity index (χ1) is 8.52. The molecule has 3 nitrogen and oxygen atoms in total. The average molecular weight is 254 g/mol. The number of likely N-dealkylation sites (tertiary alicyclic amines) is 1. The minimum atomic E-state index is 0.360. The summed E-state index contributed by atoms with van der Waals surface area (Å²) in [6, 6.07) is 0.538. The highest BCUT2D eigenvalue weighted by atomic mass is 16.2. The Morgan fingerprint density at radius 2 is 2.11 bits per heavy atom. The maximum atomic E-state index is 12.2. The number of piperidine rings is 1. The Labute approximate surface area is 112 Å². The molecule has 1 rings (SSSR count). The number of hydrogen-bond acceptors (Lipinski definition) is 2. The van der Waals surface area contributed by atoms with E-state index in [1.165, 1.54) is 6.42 Å². The molecule has 1 fully saturated rings. The number of hydrogen-bond donors (Lipinski definition) is 1. The minimum Gasteiger partial charge on any atom is -0.342 e. The number of nitrogens with zero attached hydrogens (tertiary/aromatic N) is 1. The van der Waals surface area contributed by atoms with Gasteiger partial charge in [-0.05, 0) is 31.2 Å². The van der Waals surface area contributed by atoms with Crippen LogP contribution >= 0.6 is 0 Å². The van der Waals surface area contributed by atoms with Crippen molar-refractivity contribution in [1.82, 2.24) is 10.2 Å². The third kappa shape index (κ3) is 5.38. The van der Waals surface area contributed by atoms with E-state index >= 15 is 0 Å². The summed E-state index contributed by atoms with van der Waals surface area (Å²) in [5.41, 5.74) is 0. The first-order valence-electron chi connectivity index (χ1n) is 7.54. The smallest absolute Gasteiger partial charge is 0.222 e.